The maximum atomic E-state index is 11.9. The van der Waals surface area contributed by atoms with Gasteiger partial charge in [0.1, 0.15) is 4.34 Å². The molecule has 23 heavy (non-hydrogen) atoms. The Labute approximate surface area is 143 Å². The van der Waals surface area contributed by atoms with E-state index in [0.717, 1.165) is 21.3 Å². The molecule has 2 N–H and O–H groups in total. The quantitative estimate of drug-likeness (QED) is 0.595. The molecular weight excluding hydrogens is 330 g/mol. The molecule has 0 saturated carbocycles. The summed E-state index contributed by atoms with van der Waals surface area (Å²) in [5.74, 6) is 0.596. The maximum Gasteiger partial charge on any atom is 0.251 e. The van der Waals surface area contributed by atoms with Crippen molar-refractivity contribution in [3.63, 3.8) is 0 Å². The third-order valence-electron chi connectivity index (χ3n) is 2.96. The van der Waals surface area contributed by atoms with Gasteiger partial charge in [0.2, 0.25) is 5.91 Å². The average molecular weight is 349 g/mol. The fraction of sp³-hybridized carbons (Fsp3) is 0.312. The second-order valence-corrected chi connectivity index (χ2v) is 7.06. The topological polar surface area (TPSA) is 71.1 Å². The van der Waals surface area contributed by atoms with Gasteiger partial charge in [-0.3, -0.25) is 9.59 Å². The van der Waals surface area contributed by atoms with Gasteiger partial charge in [0.25, 0.3) is 5.91 Å². The Hall–Kier alpha value is -1.86. The van der Waals surface area contributed by atoms with Gasteiger partial charge in [-0.05, 0) is 24.6 Å². The van der Waals surface area contributed by atoms with Gasteiger partial charge in [0.15, 0.2) is 0 Å². The first-order valence-corrected chi connectivity index (χ1v) is 9.07. The van der Waals surface area contributed by atoms with Gasteiger partial charge < -0.3 is 10.6 Å². The predicted molar refractivity (Wildman–Crippen MR) is 93.9 cm³/mol. The average Bonchev–Trinajstić information content (AvgIpc) is 2.95. The van der Waals surface area contributed by atoms with Crippen LogP contribution in [0.5, 0.6) is 0 Å². The van der Waals surface area contributed by atoms with Crippen LogP contribution in [0.4, 0.5) is 0 Å². The normalized spacial score (nSPS) is 10.3. The summed E-state index contributed by atoms with van der Waals surface area (Å²) >= 11 is 3.34. The molecule has 0 radical (unpaired) electrons. The van der Waals surface area contributed by atoms with Crippen molar-refractivity contribution in [1.82, 2.24) is 15.6 Å². The summed E-state index contributed by atoms with van der Waals surface area (Å²) in [7, 11) is 0. The lowest BCUT2D eigenvalue weighted by Crippen LogP contribution is -2.33. The highest BCUT2D eigenvalue weighted by atomic mass is 32.2. The molecule has 0 unspecified atom stereocenters. The molecule has 0 aliphatic carbocycles. The van der Waals surface area contributed by atoms with Gasteiger partial charge in [-0.2, -0.15) is 0 Å². The molecule has 0 saturated heterocycles. The van der Waals surface area contributed by atoms with Crippen molar-refractivity contribution >= 4 is 34.9 Å². The smallest absolute Gasteiger partial charge is 0.251 e. The predicted octanol–water partition coefficient (Wildman–Crippen LogP) is 2.61. The molecule has 5 nitrogen and oxygen atoms in total. The van der Waals surface area contributed by atoms with E-state index in [0.29, 0.717) is 18.7 Å². The molecule has 7 heteroatoms. The lowest BCUT2D eigenvalue weighted by molar-refractivity contribution is -0.118. The van der Waals surface area contributed by atoms with Gasteiger partial charge in [-0.25, -0.2) is 4.98 Å². The summed E-state index contributed by atoms with van der Waals surface area (Å²) in [6, 6.07) is 7.54. The number of aromatic nitrogens is 1. The van der Waals surface area contributed by atoms with Crippen LogP contribution in [0.25, 0.3) is 0 Å². The van der Waals surface area contributed by atoms with E-state index in [9.17, 15) is 9.59 Å². The lowest BCUT2D eigenvalue weighted by Gasteiger charge is -2.06. The van der Waals surface area contributed by atoms with Gasteiger partial charge in [-0.15, -0.1) is 11.3 Å². The zero-order chi connectivity index (χ0) is 16.7. The Morgan fingerprint density at radius 2 is 1.87 bits per heavy atom. The molecule has 1 aromatic carbocycles. The Kier molecular flexibility index (Phi) is 6.61. The molecule has 2 aromatic rings. The van der Waals surface area contributed by atoms with Gasteiger partial charge in [0.05, 0.1) is 0 Å². The summed E-state index contributed by atoms with van der Waals surface area (Å²) in [6.07, 6.45) is 0. The van der Waals surface area contributed by atoms with Gasteiger partial charge >= 0.3 is 0 Å². The van der Waals surface area contributed by atoms with Crippen molar-refractivity contribution < 1.29 is 9.59 Å². The number of aryl methyl sites for hydroxylation is 1. The van der Waals surface area contributed by atoms with Crippen molar-refractivity contribution in [3.05, 3.63) is 46.5 Å². The molecular formula is C16H19N3O2S2. The minimum Gasteiger partial charge on any atom is -0.355 e. The number of rotatable bonds is 7. The Balaban J connectivity index is 1.79. The van der Waals surface area contributed by atoms with E-state index in [1.165, 1.54) is 6.92 Å². The molecule has 0 atom stereocenters. The minimum atomic E-state index is -0.134. The van der Waals surface area contributed by atoms with Crippen molar-refractivity contribution in [1.29, 1.82) is 0 Å². The van der Waals surface area contributed by atoms with Gasteiger partial charge in [-0.1, -0.05) is 23.9 Å². The van der Waals surface area contributed by atoms with Crippen LogP contribution in [0.15, 0.2) is 34.0 Å². The summed E-state index contributed by atoms with van der Waals surface area (Å²) in [4.78, 5) is 27.1. The molecule has 0 aliphatic heterocycles. The van der Waals surface area contributed by atoms with E-state index in [2.05, 4.69) is 15.6 Å². The summed E-state index contributed by atoms with van der Waals surface area (Å²) in [6.45, 7) is 4.29. The Morgan fingerprint density at radius 1 is 1.17 bits per heavy atom. The minimum absolute atomic E-state index is 0.100. The SMILES string of the molecule is CC(=O)NCCNC(=O)c1ccc(CSc2nc(C)cs2)cc1. The van der Waals surface area contributed by atoms with Crippen LogP contribution in [0.1, 0.15) is 28.5 Å². The number of nitrogens with one attached hydrogen (secondary N) is 2. The lowest BCUT2D eigenvalue weighted by atomic mass is 10.1. The fourth-order valence-electron chi connectivity index (χ4n) is 1.81. The van der Waals surface area contributed by atoms with Crippen molar-refractivity contribution in [2.45, 2.75) is 23.9 Å². The van der Waals surface area contributed by atoms with E-state index < -0.39 is 0 Å². The van der Waals surface area contributed by atoms with E-state index in [1.807, 2.05) is 36.6 Å². The monoisotopic (exact) mass is 349 g/mol. The second-order valence-electron chi connectivity index (χ2n) is 4.98. The number of carbonyl (C=O) groups is 2. The van der Waals surface area contributed by atoms with Crippen LogP contribution in [0, 0.1) is 6.92 Å². The molecule has 122 valence electrons. The van der Waals surface area contributed by atoms with Gasteiger partial charge in [0, 0.05) is 42.4 Å². The molecule has 0 spiro atoms. The zero-order valence-corrected chi connectivity index (χ0v) is 14.7. The third kappa shape index (κ3) is 6.03. The highest BCUT2D eigenvalue weighted by molar-refractivity contribution is 8.00. The second kappa shape index (κ2) is 8.69. The number of thioether (sulfide) groups is 1. The first kappa shape index (κ1) is 17.5. The van der Waals surface area contributed by atoms with Crippen LogP contribution >= 0.6 is 23.1 Å². The highest BCUT2D eigenvalue weighted by Gasteiger charge is 2.06. The first-order chi connectivity index (χ1) is 11.0. The zero-order valence-electron chi connectivity index (χ0n) is 13.1. The standard InChI is InChI=1S/C16H19N3O2S2/c1-11-9-22-16(19-11)23-10-13-3-5-14(6-4-13)15(21)18-8-7-17-12(2)20/h3-6,9H,7-8,10H2,1-2H3,(H,17,20)(H,18,21). The van der Waals surface area contributed by atoms with Crippen LogP contribution in [-0.2, 0) is 10.5 Å². The van der Waals surface area contributed by atoms with Crippen molar-refractivity contribution in [3.8, 4) is 0 Å². The number of carbonyl (C=O) groups excluding carboxylic acids is 2. The number of benzene rings is 1. The molecule has 0 aliphatic rings. The van der Waals surface area contributed by atoms with Crippen molar-refractivity contribution in [2.75, 3.05) is 13.1 Å². The summed E-state index contributed by atoms with van der Waals surface area (Å²) in [5.41, 5.74) is 2.81. The Morgan fingerprint density at radius 3 is 2.48 bits per heavy atom. The van der Waals surface area contributed by atoms with Crippen LogP contribution in [0.3, 0.4) is 0 Å². The number of nitrogens with zero attached hydrogens (tertiary/aromatic N) is 1. The highest BCUT2D eigenvalue weighted by Crippen LogP contribution is 2.25. The molecule has 1 heterocycles. The number of hydrogen-bond donors (Lipinski definition) is 2. The molecule has 1 aromatic heterocycles. The van der Waals surface area contributed by atoms with Crippen molar-refractivity contribution in [2.24, 2.45) is 0 Å². The molecule has 2 amide bonds. The Bertz CT molecular complexity index is 668. The molecule has 0 fully saturated rings. The molecule has 2 rings (SSSR count). The van der Waals surface area contributed by atoms with E-state index >= 15 is 0 Å². The van der Waals surface area contributed by atoms with E-state index in [1.54, 1.807) is 23.1 Å². The van der Waals surface area contributed by atoms with E-state index in [-0.39, 0.29) is 11.8 Å². The first-order valence-electron chi connectivity index (χ1n) is 7.21. The van der Waals surface area contributed by atoms with Crippen LogP contribution < -0.4 is 10.6 Å². The van der Waals surface area contributed by atoms with E-state index in [4.69, 9.17) is 0 Å². The summed E-state index contributed by atoms with van der Waals surface area (Å²) in [5, 5.41) is 7.44. The van der Waals surface area contributed by atoms with Crippen LogP contribution in [-0.4, -0.2) is 29.9 Å². The number of hydrogen-bond acceptors (Lipinski definition) is 5. The fourth-order valence-corrected chi connectivity index (χ4v) is 3.62. The number of thiazole rings is 1. The largest absolute Gasteiger partial charge is 0.355 e. The third-order valence-corrected chi connectivity index (χ3v) is 5.17. The molecule has 0 bridgehead atoms. The summed E-state index contributed by atoms with van der Waals surface area (Å²) < 4.78 is 1.06. The van der Waals surface area contributed by atoms with Crippen LogP contribution in [0.2, 0.25) is 0 Å². The maximum absolute atomic E-state index is 11.9. The number of amides is 2.